The number of nitrogens with one attached hydrogen (secondary N) is 2. The Balaban J connectivity index is 1.74. The van der Waals surface area contributed by atoms with E-state index >= 15 is 0 Å². The Morgan fingerprint density at radius 2 is 1.96 bits per heavy atom. The molecular formula is C19H17N5. The quantitative estimate of drug-likeness (QED) is 0.598. The van der Waals surface area contributed by atoms with Crippen molar-refractivity contribution < 1.29 is 0 Å². The predicted molar refractivity (Wildman–Crippen MR) is 95.6 cm³/mol. The van der Waals surface area contributed by atoms with E-state index in [-0.39, 0.29) is 0 Å². The normalized spacial score (nSPS) is 10.9. The van der Waals surface area contributed by atoms with Gasteiger partial charge in [0.2, 0.25) is 0 Å². The van der Waals surface area contributed by atoms with Crippen LogP contribution in [0.4, 0.5) is 5.82 Å². The lowest BCUT2D eigenvalue weighted by Gasteiger charge is -2.11. The van der Waals surface area contributed by atoms with E-state index in [9.17, 15) is 0 Å². The van der Waals surface area contributed by atoms with Crippen LogP contribution in [0.3, 0.4) is 0 Å². The van der Waals surface area contributed by atoms with Gasteiger partial charge in [-0.3, -0.25) is 9.97 Å². The van der Waals surface area contributed by atoms with Crippen molar-refractivity contribution in [3.8, 4) is 11.1 Å². The summed E-state index contributed by atoms with van der Waals surface area (Å²) in [5.74, 6) is 0.826. The van der Waals surface area contributed by atoms with Crippen molar-refractivity contribution >= 4 is 16.9 Å². The molecule has 4 aromatic heterocycles. The second kappa shape index (κ2) is 6.12. The van der Waals surface area contributed by atoms with E-state index in [0.29, 0.717) is 6.54 Å². The molecule has 0 amide bonds. The number of H-pyrrole nitrogens is 1. The van der Waals surface area contributed by atoms with Gasteiger partial charge < -0.3 is 10.3 Å². The van der Waals surface area contributed by atoms with Crippen LogP contribution in [0.1, 0.15) is 11.1 Å². The molecule has 0 aliphatic rings. The molecule has 0 bridgehead atoms. The second-order valence-corrected chi connectivity index (χ2v) is 5.70. The smallest absolute Gasteiger partial charge is 0.140 e. The van der Waals surface area contributed by atoms with E-state index < -0.39 is 0 Å². The summed E-state index contributed by atoms with van der Waals surface area (Å²) >= 11 is 0. The van der Waals surface area contributed by atoms with Gasteiger partial charge in [-0.15, -0.1) is 0 Å². The zero-order valence-electron chi connectivity index (χ0n) is 13.3. The van der Waals surface area contributed by atoms with Crippen molar-refractivity contribution in [3.05, 3.63) is 72.4 Å². The maximum absolute atomic E-state index is 4.66. The fourth-order valence-electron chi connectivity index (χ4n) is 2.79. The Labute approximate surface area is 139 Å². The molecule has 24 heavy (non-hydrogen) atoms. The molecule has 4 aromatic rings. The van der Waals surface area contributed by atoms with Crippen molar-refractivity contribution in [2.45, 2.75) is 13.5 Å². The molecule has 5 nitrogen and oxygen atoms in total. The average molecular weight is 315 g/mol. The van der Waals surface area contributed by atoms with Gasteiger partial charge >= 0.3 is 0 Å². The average Bonchev–Trinajstić information content (AvgIpc) is 3.09. The van der Waals surface area contributed by atoms with Crippen molar-refractivity contribution in [2.75, 3.05) is 5.32 Å². The molecule has 0 aliphatic carbocycles. The molecule has 0 unspecified atom stereocenters. The molecule has 0 saturated carbocycles. The second-order valence-electron chi connectivity index (χ2n) is 5.70. The number of hydrogen-bond acceptors (Lipinski definition) is 4. The van der Waals surface area contributed by atoms with Gasteiger partial charge in [-0.05, 0) is 47.9 Å². The van der Waals surface area contributed by atoms with Crippen molar-refractivity contribution in [2.24, 2.45) is 0 Å². The molecule has 0 atom stereocenters. The third kappa shape index (κ3) is 2.72. The Morgan fingerprint density at radius 1 is 1.04 bits per heavy atom. The summed E-state index contributed by atoms with van der Waals surface area (Å²) in [6.07, 6.45) is 9.26. The van der Waals surface area contributed by atoms with Gasteiger partial charge in [0.25, 0.3) is 0 Å². The highest BCUT2D eigenvalue weighted by Crippen LogP contribution is 2.31. The molecule has 5 heteroatoms. The molecule has 0 saturated heterocycles. The van der Waals surface area contributed by atoms with Crippen molar-refractivity contribution in [3.63, 3.8) is 0 Å². The molecule has 4 heterocycles. The van der Waals surface area contributed by atoms with E-state index in [1.165, 1.54) is 5.56 Å². The van der Waals surface area contributed by atoms with Crippen LogP contribution in [-0.4, -0.2) is 19.9 Å². The lowest BCUT2D eigenvalue weighted by Crippen LogP contribution is -2.02. The Kier molecular flexibility index (Phi) is 3.67. The summed E-state index contributed by atoms with van der Waals surface area (Å²) in [6.45, 7) is 2.77. The van der Waals surface area contributed by atoms with E-state index in [1.807, 2.05) is 43.0 Å². The number of anilines is 1. The minimum atomic E-state index is 0.679. The third-order valence-corrected chi connectivity index (χ3v) is 4.05. The number of aromatic nitrogens is 4. The van der Waals surface area contributed by atoms with E-state index in [1.54, 1.807) is 6.20 Å². The first-order chi connectivity index (χ1) is 11.8. The maximum Gasteiger partial charge on any atom is 0.140 e. The van der Waals surface area contributed by atoms with E-state index in [0.717, 1.165) is 33.5 Å². The lowest BCUT2D eigenvalue weighted by molar-refractivity contribution is 1.09. The van der Waals surface area contributed by atoms with Gasteiger partial charge in [0.1, 0.15) is 11.5 Å². The molecular weight excluding hydrogens is 298 g/mol. The van der Waals surface area contributed by atoms with Crippen LogP contribution < -0.4 is 5.32 Å². The first-order valence-corrected chi connectivity index (χ1v) is 7.83. The van der Waals surface area contributed by atoms with Crippen LogP contribution in [0.2, 0.25) is 0 Å². The van der Waals surface area contributed by atoms with E-state index in [4.69, 9.17) is 0 Å². The Hall–Kier alpha value is -3.21. The zero-order valence-corrected chi connectivity index (χ0v) is 13.3. The minimum Gasteiger partial charge on any atom is -0.366 e. The monoisotopic (exact) mass is 315 g/mol. The topological polar surface area (TPSA) is 66.5 Å². The molecule has 118 valence electrons. The SMILES string of the molecule is Cc1ccncc1-c1cc(NCc2cccnc2)nc2[nH]ccc12. The summed E-state index contributed by atoms with van der Waals surface area (Å²) < 4.78 is 0. The first-order valence-electron chi connectivity index (χ1n) is 7.83. The number of pyridine rings is 3. The fraction of sp³-hybridized carbons (Fsp3) is 0.105. The largest absolute Gasteiger partial charge is 0.366 e. The molecule has 0 fully saturated rings. The molecule has 0 spiro atoms. The molecule has 0 radical (unpaired) electrons. The van der Waals surface area contributed by atoms with Gasteiger partial charge in [-0.25, -0.2) is 4.98 Å². The minimum absolute atomic E-state index is 0.679. The summed E-state index contributed by atoms with van der Waals surface area (Å²) in [7, 11) is 0. The van der Waals surface area contributed by atoms with Crippen LogP contribution in [0.15, 0.2) is 61.3 Å². The van der Waals surface area contributed by atoms with Gasteiger partial charge in [0, 0.05) is 48.5 Å². The fourth-order valence-corrected chi connectivity index (χ4v) is 2.79. The molecule has 2 N–H and O–H groups in total. The Bertz CT molecular complexity index is 975. The van der Waals surface area contributed by atoms with Gasteiger partial charge in [0.15, 0.2) is 0 Å². The summed E-state index contributed by atoms with van der Waals surface area (Å²) in [4.78, 5) is 16.3. The molecule has 4 rings (SSSR count). The highest BCUT2D eigenvalue weighted by molar-refractivity contribution is 5.95. The predicted octanol–water partition coefficient (Wildman–Crippen LogP) is 3.94. The summed E-state index contributed by atoms with van der Waals surface area (Å²) in [6, 6.07) is 10.1. The molecule has 0 aliphatic heterocycles. The van der Waals surface area contributed by atoms with Crippen LogP contribution >= 0.6 is 0 Å². The standard InChI is InChI=1S/C19H17N5/c1-13-4-7-21-12-17(13)16-9-18(24-19-15(16)5-8-22-19)23-11-14-3-2-6-20-10-14/h2-10,12H,11H2,1H3,(H2,22,23,24). The van der Waals surface area contributed by atoms with Crippen LogP contribution in [0.25, 0.3) is 22.2 Å². The van der Waals surface area contributed by atoms with Crippen LogP contribution in [-0.2, 0) is 6.54 Å². The number of rotatable bonds is 4. The number of hydrogen-bond donors (Lipinski definition) is 2. The number of aryl methyl sites for hydroxylation is 1. The zero-order chi connectivity index (χ0) is 16.4. The van der Waals surface area contributed by atoms with E-state index in [2.05, 4.69) is 44.3 Å². The highest BCUT2D eigenvalue weighted by Gasteiger charge is 2.11. The lowest BCUT2D eigenvalue weighted by atomic mass is 10.0. The summed E-state index contributed by atoms with van der Waals surface area (Å²) in [5, 5.41) is 4.48. The van der Waals surface area contributed by atoms with Crippen molar-refractivity contribution in [1.82, 2.24) is 19.9 Å². The van der Waals surface area contributed by atoms with Crippen LogP contribution in [0.5, 0.6) is 0 Å². The number of aromatic amines is 1. The van der Waals surface area contributed by atoms with Gasteiger partial charge in [0.05, 0.1) is 0 Å². The van der Waals surface area contributed by atoms with Gasteiger partial charge in [-0.1, -0.05) is 6.07 Å². The summed E-state index contributed by atoms with van der Waals surface area (Å²) in [5.41, 5.74) is 5.42. The Morgan fingerprint density at radius 3 is 2.79 bits per heavy atom. The maximum atomic E-state index is 4.66. The molecule has 0 aromatic carbocycles. The first kappa shape index (κ1) is 14.4. The van der Waals surface area contributed by atoms with Crippen LogP contribution in [0, 0.1) is 6.92 Å². The van der Waals surface area contributed by atoms with Crippen molar-refractivity contribution in [1.29, 1.82) is 0 Å². The number of fused-ring (bicyclic) bond motifs is 1. The highest BCUT2D eigenvalue weighted by atomic mass is 15.0. The number of nitrogens with zero attached hydrogens (tertiary/aromatic N) is 3. The van der Waals surface area contributed by atoms with Gasteiger partial charge in [-0.2, -0.15) is 0 Å². The third-order valence-electron chi connectivity index (χ3n) is 4.05.